The summed E-state index contributed by atoms with van der Waals surface area (Å²) in [5.41, 5.74) is -0.307. The first-order valence-electron chi connectivity index (χ1n) is 10.5. The molecule has 4 fully saturated rings. The van der Waals surface area contributed by atoms with Gasteiger partial charge < -0.3 is 10.2 Å². The maximum Gasteiger partial charge on any atom is 0.326 e. The number of piperidine rings is 1. The summed E-state index contributed by atoms with van der Waals surface area (Å²) in [4.78, 5) is 29.1. The maximum absolute atomic E-state index is 13.2. The van der Waals surface area contributed by atoms with E-state index < -0.39 is 21.2 Å². The highest BCUT2D eigenvalue weighted by Gasteiger charge is 2.51. The van der Waals surface area contributed by atoms with Crippen LogP contribution in [0, 0.1) is 11.8 Å². The molecule has 2 aliphatic carbocycles. The lowest BCUT2D eigenvalue weighted by atomic mass is 9.80. The molecule has 158 valence electrons. The van der Waals surface area contributed by atoms with Crippen molar-refractivity contribution in [3.63, 3.8) is 0 Å². The molecule has 0 radical (unpaired) electrons. The van der Waals surface area contributed by atoms with Crippen molar-refractivity contribution in [2.24, 2.45) is 11.8 Å². The van der Waals surface area contributed by atoms with Crippen LogP contribution in [0.15, 0.2) is 0 Å². The molecule has 0 spiro atoms. The van der Waals surface area contributed by atoms with Gasteiger partial charge >= 0.3 is 6.03 Å². The van der Waals surface area contributed by atoms with E-state index >= 15 is 0 Å². The zero-order valence-electron chi connectivity index (χ0n) is 16.8. The zero-order chi connectivity index (χ0) is 20.1. The fourth-order valence-electron chi connectivity index (χ4n) is 4.98. The highest BCUT2D eigenvalue weighted by molar-refractivity contribution is 7.90. The Morgan fingerprint density at radius 3 is 2.61 bits per heavy atom. The summed E-state index contributed by atoms with van der Waals surface area (Å²) in [7, 11) is -1.72. The molecular weight excluding hydrogens is 380 g/mol. The van der Waals surface area contributed by atoms with Crippen LogP contribution in [0.1, 0.15) is 51.9 Å². The maximum atomic E-state index is 13.2. The molecule has 4 atom stereocenters. The largest absolute Gasteiger partial charge is 0.326 e. The Balaban J connectivity index is 1.48. The van der Waals surface area contributed by atoms with E-state index in [0.29, 0.717) is 25.8 Å². The minimum atomic E-state index is -3.46. The Bertz CT molecular complexity index is 745. The van der Waals surface area contributed by atoms with Crippen molar-refractivity contribution in [2.75, 3.05) is 26.7 Å². The van der Waals surface area contributed by atoms with Gasteiger partial charge in [-0.1, -0.05) is 0 Å². The number of hydrogen-bond acceptors (Lipinski definition) is 5. The molecule has 9 heteroatoms. The Labute approximate surface area is 167 Å². The molecule has 8 nitrogen and oxygen atoms in total. The number of sulfonamides is 1. The number of nitrogens with zero attached hydrogens (tertiary/aromatic N) is 2. The summed E-state index contributed by atoms with van der Waals surface area (Å²) < 4.78 is 28.5. The van der Waals surface area contributed by atoms with E-state index in [2.05, 4.69) is 10.0 Å². The molecule has 0 aromatic rings. The summed E-state index contributed by atoms with van der Waals surface area (Å²) in [6, 6.07) is -0.426. The number of amides is 3. The predicted octanol–water partition coefficient (Wildman–Crippen LogP) is 0.889. The molecule has 0 bridgehead atoms. The van der Waals surface area contributed by atoms with Crippen LogP contribution in [0.2, 0.25) is 0 Å². The van der Waals surface area contributed by atoms with Crippen molar-refractivity contribution in [1.29, 1.82) is 0 Å². The summed E-state index contributed by atoms with van der Waals surface area (Å²) in [5, 5.41) is 2.77. The molecule has 2 aliphatic heterocycles. The lowest BCUT2D eigenvalue weighted by molar-refractivity contribution is -0.140. The number of carbonyl (C=O) groups is 2. The standard InChI is InChI=1S/C19H32N4O4S/c1-19(7-8-19)21-28(26,27)14-5-6-16-15(10-14)17(24)23(18(25)22(16)2)12-13-4-3-9-20-11-13/h13-16,20-21H,3-12H2,1-2H3. The molecule has 2 saturated carbocycles. The number of fused-ring (bicyclic) bond motifs is 1. The topological polar surface area (TPSA) is 98.8 Å². The quantitative estimate of drug-likeness (QED) is 0.699. The Morgan fingerprint density at radius 1 is 1.21 bits per heavy atom. The number of hydrogen-bond donors (Lipinski definition) is 2. The van der Waals surface area contributed by atoms with Crippen molar-refractivity contribution in [3.8, 4) is 0 Å². The normalized spacial score (nSPS) is 35.6. The number of rotatable bonds is 5. The van der Waals surface area contributed by atoms with Gasteiger partial charge in [0, 0.05) is 25.2 Å². The molecule has 0 aromatic carbocycles. The lowest BCUT2D eigenvalue weighted by Crippen LogP contribution is -2.63. The van der Waals surface area contributed by atoms with Crippen LogP contribution in [0.25, 0.3) is 0 Å². The van der Waals surface area contributed by atoms with E-state index in [4.69, 9.17) is 0 Å². The molecule has 2 heterocycles. The molecule has 4 rings (SSSR count). The first-order valence-corrected chi connectivity index (χ1v) is 12.1. The van der Waals surface area contributed by atoms with Crippen LogP contribution < -0.4 is 10.0 Å². The van der Waals surface area contributed by atoms with Gasteiger partial charge in [-0.2, -0.15) is 0 Å². The van der Waals surface area contributed by atoms with Crippen LogP contribution in [0.5, 0.6) is 0 Å². The summed E-state index contributed by atoms with van der Waals surface area (Å²) >= 11 is 0. The van der Waals surface area contributed by atoms with Gasteiger partial charge in [-0.05, 0) is 70.9 Å². The average molecular weight is 413 g/mol. The Hall–Kier alpha value is -1.19. The monoisotopic (exact) mass is 412 g/mol. The minimum absolute atomic E-state index is 0.184. The van der Waals surface area contributed by atoms with Gasteiger partial charge in [0.2, 0.25) is 15.9 Å². The number of nitrogens with one attached hydrogen (secondary N) is 2. The van der Waals surface area contributed by atoms with Gasteiger partial charge in [-0.15, -0.1) is 0 Å². The first kappa shape index (κ1) is 20.1. The van der Waals surface area contributed by atoms with Crippen LogP contribution >= 0.6 is 0 Å². The smallest absolute Gasteiger partial charge is 0.324 e. The highest BCUT2D eigenvalue weighted by atomic mass is 32.2. The van der Waals surface area contributed by atoms with Crippen molar-refractivity contribution >= 4 is 22.0 Å². The van der Waals surface area contributed by atoms with E-state index in [1.165, 1.54) is 4.90 Å². The molecule has 28 heavy (non-hydrogen) atoms. The first-order chi connectivity index (χ1) is 13.2. The summed E-state index contributed by atoms with van der Waals surface area (Å²) in [6.45, 7) is 4.14. The van der Waals surface area contributed by atoms with E-state index in [-0.39, 0.29) is 29.4 Å². The van der Waals surface area contributed by atoms with Gasteiger partial charge in [0.05, 0.1) is 11.2 Å². The predicted molar refractivity (Wildman–Crippen MR) is 105 cm³/mol. The van der Waals surface area contributed by atoms with Crippen molar-refractivity contribution in [1.82, 2.24) is 19.8 Å². The SMILES string of the molecule is CN1C(=O)N(CC2CCCNC2)C(=O)C2CC(S(=O)(=O)NC3(C)CC3)CCC21. The average Bonchev–Trinajstić information content (AvgIpc) is 3.39. The van der Waals surface area contributed by atoms with Crippen LogP contribution in [-0.2, 0) is 14.8 Å². The van der Waals surface area contributed by atoms with Crippen LogP contribution in [-0.4, -0.2) is 73.7 Å². The Morgan fingerprint density at radius 2 is 1.96 bits per heavy atom. The van der Waals surface area contributed by atoms with Crippen molar-refractivity contribution < 1.29 is 18.0 Å². The van der Waals surface area contributed by atoms with Gasteiger partial charge in [-0.3, -0.25) is 9.69 Å². The second-order valence-corrected chi connectivity index (χ2v) is 11.3. The molecule has 2 saturated heterocycles. The highest BCUT2D eigenvalue weighted by Crippen LogP contribution is 2.40. The molecule has 4 aliphatic rings. The van der Waals surface area contributed by atoms with Gasteiger partial charge in [0.15, 0.2) is 0 Å². The van der Waals surface area contributed by atoms with E-state index in [1.54, 1.807) is 11.9 Å². The van der Waals surface area contributed by atoms with E-state index in [0.717, 1.165) is 38.8 Å². The van der Waals surface area contributed by atoms with Gasteiger partial charge in [0.25, 0.3) is 0 Å². The minimum Gasteiger partial charge on any atom is -0.324 e. The third-order valence-corrected chi connectivity index (χ3v) is 9.13. The third kappa shape index (κ3) is 3.80. The third-order valence-electron chi connectivity index (χ3n) is 7.05. The fourth-order valence-corrected chi connectivity index (χ4v) is 6.94. The number of urea groups is 1. The lowest BCUT2D eigenvalue weighted by Gasteiger charge is -2.47. The zero-order valence-corrected chi connectivity index (χ0v) is 17.6. The number of carbonyl (C=O) groups excluding carboxylic acids is 2. The van der Waals surface area contributed by atoms with Crippen LogP contribution in [0.3, 0.4) is 0 Å². The van der Waals surface area contributed by atoms with Crippen molar-refractivity contribution in [2.45, 2.75) is 68.7 Å². The van der Waals surface area contributed by atoms with Crippen molar-refractivity contribution in [3.05, 3.63) is 0 Å². The summed E-state index contributed by atoms with van der Waals surface area (Å²) in [6.07, 6.45) is 5.12. The molecule has 4 unspecified atom stereocenters. The fraction of sp³-hybridized carbons (Fsp3) is 0.895. The molecule has 3 amide bonds. The van der Waals surface area contributed by atoms with E-state index in [9.17, 15) is 18.0 Å². The van der Waals surface area contributed by atoms with Gasteiger partial charge in [-0.25, -0.2) is 17.9 Å². The van der Waals surface area contributed by atoms with Crippen LogP contribution in [0.4, 0.5) is 4.79 Å². The summed E-state index contributed by atoms with van der Waals surface area (Å²) in [5.74, 6) is -0.344. The molecular formula is C19H32N4O4S. The second kappa shape index (κ2) is 7.25. The van der Waals surface area contributed by atoms with Gasteiger partial charge in [0.1, 0.15) is 0 Å². The second-order valence-electron chi connectivity index (χ2n) is 9.37. The Kier molecular flexibility index (Phi) is 5.20. The molecule has 0 aromatic heterocycles. The van der Waals surface area contributed by atoms with E-state index in [1.807, 2.05) is 6.92 Å². The molecule has 2 N–H and O–H groups in total. The number of imide groups is 1.